The van der Waals surface area contributed by atoms with Gasteiger partial charge in [-0.1, -0.05) is 12.4 Å². The zero-order valence-corrected chi connectivity index (χ0v) is 14.1. The quantitative estimate of drug-likeness (QED) is 0.248. The van der Waals surface area contributed by atoms with E-state index in [-0.39, 0.29) is 17.6 Å². The highest BCUT2D eigenvalue weighted by Gasteiger charge is 2.66. The molecule has 1 N–H and O–H groups in total. The van der Waals surface area contributed by atoms with Gasteiger partial charge in [-0.05, 0) is 17.7 Å². The maximum Gasteiger partial charge on any atom is 0.432 e. The zero-order valence-electron chi connectivity index (χ0n) is 13.3. The number of esters is 2. The van der Waals surface area contributed by atoms with Crippen LogP contribution in [0.15, 0.2) is 18.2 Å². The number of hydrogen-bond donors (Lipinski definition) is 1. The first-order valence-corrected chi connectivity index (χ1v) is 8.19. The maximum atomic E-state index is 13.4. The molecule has 0 amide bonds. The molecule has 0 bridgehead atoms. The van der Waals surface area contributed by atoms with Crippen LogP contribution in [0.4, 0.5) is 22.0 Å². The van der Waals surface area contributed by atoms with Crippen LogP contribution >= 0.6 is 0 Å². The lowest BCUT2D eigenvalue weighted by Crippen LogP contribution is -2.52. The van der Waals surface area contributed by atoms with Crippen molar-refractivity contribution < 1.29 is 54.0 Å². The largest absolute Gasteiger partial charge is 0.441 e. The van der Waals surface area contributed by atoms with Gasteiger partial charge in [-0.25, -0.2) is 4.79 Å². The molecule has 0 aliphatic carbocycles. The average Bonchev–Trinajstić information content (AvgIpc) is 2.49. The summed E-state index contributed by atoms with van der Waals surface area (Å²) in [5, 5.41) is -5.86. The van der Waals surface area contributed by atoms with Crippen LogP contribution in [0, 0.1) is 0 Å². The number of carbonyl (C=O) groups is 2. The van der Waals surface area contributed by atoms with Crippen molar-refractivity contribution in [2.45, 2.75) is 30.8 Å². The molecule has 0 aromatic heterocycles. The predicted octanol–water partition coefficient (Wildman–Crippen LogP) is 1.85. The Morgan fingerprint density at radius 3 is 2.19 bits per heavy atom. The molecule has 1 aromatic carbocycles. The molecule has 1 aromatic rings. The molecular formula is C13H10BF5O7S. The summed E-state index contributed by atoms with van der Waals surface area (Å²) in [6.45, 7) is 0.970. The van der Waals surface area contributed by atoms with Gasteiger partial charge in [-0.15, -0.1) is 0 Å². The minimum absolute atomic E-state index is 0.150. The Labute approximate surface area is 150 Å². The molecular weight excluding hydrogens is 406 g/mol. The minimum Gasteiger partial charge on any atom is -0.441 e. The Balaban J connectivity index is 3.29. The first-order chi connectivity index (χ1) is 12.1. The van der Waals surface area contributed by atoms with Crippen molar-refractivity contribution in [3.8, 4) is 5.75 Å². The first-order valence-electron chi connectivity index (χ1n) is 6.75. The molecule has 148 valence electrons. The zero-order chi connectivity index (χ0) is 21.2. The molecule has 1 unspecified atom stereocenters. The van der Waals surface area contributed by atoms with Crippen molar-refractivity contribution in [2.24, 2.45) is 0 Å². The standard InChI is InChI=1S/C13H10BF5O7S/c1-6(20)25-9-4-7(2-3-8(9)5-14)10(21)26-11(12(15,16)17)13(18,19)27(22,23)24/h2-4,11H,5H2,1H3,(H,22,23,24). The number of rotatable bonds is 6. The van der Waals surface area contributed by atoms with Crippen LogP contribution in [0.2, 0.25) is 0 Å². The van der Waals surface area contributed by atoms with E-state index in [0.29, 0.717) is 6.07 Å². The molecule has 0 aliphatic rings. The Kier molecular flexibility index (Phi) is 6.59. The monoisotopic (exact) mass is 416 g/mol. The molecule has 0 spiro atoms. The van der Waals surface area contributed by atoms with Crippen LogP contribution in [0.5, 0.6) is 5.75 Å². The topological polar surface area (TPSA) is 107 Å². The maximum absolute atomic E-state index is 13.4. The lowest BCUT2D eigenvalue weighted by Gasteiger charge is -2.26. The third-order valence-electron chi connectivity index (χ3n) is 2.95. The molecule has 0 aliphatic heterocycles. The van der Waals surface area contributed by atoms with Gasteiger partial charge in [0.25, 0.3) is 6.10 Å². The minimum atomic E-state index is -6.56. The molecule has 14 heteroatoms. The number of halogens is 5. The van der Waals surface area contributed by atoms with E-state index >= 15 is 0 Å². The van der Waals surface area contributed by atoms with Crippen molar-refractivity contribution in [1.82, 2.24) is 0 Å². The number of benzene rings is 1. The van der Waals surface area contributed by atoms with Gasteiger partial charge >= 0.3 is 33.5 Å². The highest BCUT2D eigenvalue weighted by Crippen LogP contribution is 2.38. The molecule has 0 saturated carbocycles. The van der Waals surface area contributed by atoms with Crippen LogP contribution in [0.25, 0.3) is 0 Å². The number of alkyl halides is 5. The highest BCUT2D eigenvalue weighted by molar-refractivity contribution is 7.86. The SMILES string of the molecule is [B]Cc1ccc(C(=O)OC(C(F)(F)F)C(F)(F)S(=O)(=O)O)cc1OC(C)=O. The van der Waals surface area contributed by atoms with Gasteiger partial charge in [-0.2, -0.15) is 30.4 Å². The summed E-state index contributed by atoms with van der Waals surface area (Å²) in [5.74, 6) is -3.23. The number of carbonyl (C=O) groups excluding carboxylic acids is 2. The molecule has 1 rings (SSSR count). The van der Waals surface area contributed by atoms with E-state index < -0.39 is 45.2 Å². The van der Waals surface area contributed by atoms with E-state index in [1.807, 2.05) is 0 Å². The number of ether oxygens (including phenoxy) is 2. The molecule has 0 saturated heterocycles. The summed E-state index contributed by atoms with van der Waals surface area (Å²) in [6, 6.07) is 2.58. The van der Waals surface area contributed by atoms with Crippen LogP contribution in [0.3, 0.4) is 0 Å². The Morgan fingerprint density at radius 1 is 1.22 bits per heavy atom. The summed E-state index contributed by atoms with van der Waals surface area (Å²) in [7, 11) is -1.22. The van der Waals surface area contributed by atoms with E-state index in [4.69, 9.17) is 12.4 Å². The van der Waals surface area contributed by atoms with Gasteiger partial charge in [-0.3, -0.25) is 9.35 Å². The van der Waals surface area contributed by atoms with Gasteiger partial charge in [0.05, 0.1) is 13.4 Å². The fourth-order valence-electron chi connectivity index (χ4n) is 1.74. The molecule has 1 atom stereocenters. The van der Waals surface area contributed by atoms with Crippen LogP contribution in [0.1, 0.15) is 22.8 Å². The normalized spacial score (nSPS) is 13.7. The Bertz CT molecular complexity index is 838. The second-order valence-electron chi connectivity index (χ2n) is 4.98. The summed E-state index contributed by atoms with van der Waals surface area (Å²) < 4.78 is 103. The van der Waals surface area contributed by atoms with Crippen LogP contribution in [-0.2, 0) is 26.0 Å². The smallest absolute Gasteiger partial charge is 0.432 e. The van der Waals surface area contributed by atoms with Crippen molar-refractivity contribution in [1.29, 1.82) is 0 Å². The molecule has 0 heterocycles. The van der Waals surface area contributed by atoms with Crippen molar-refractivity contribution in [2.75, 3.05) is 0 Å². The predicted molar refractivity (Wildman–Crippen MR) is 79.0 cm³/mol. The second kappa shape index (κ2) is 7.80. The molecule has 2 radical (unpaired) electrons. The van der Waals surface area contributed by atoms with Crippen molar-refractivity contribution in [3.05, 3.63) is 29.3 Å². The van der Waals surface area contributed by atoms with E-state index in [1.54, 1.807) is 0 Å². The summed E-state index contributed by atoms with van der Waals surface area (Å²) in [4.78, 5) is 22.8. The molecule has 7 nitrogen and oxygen atoms in total. The fourth-order valence-corrected chi connectivity index (χ4v) is 2.19. The van der Waals surface area contributed by atoms with E-state index in [9.17, 15) is 40.0 Å². The molecule has 0 fully saturated rings. The van der Waals surface area contributed by atoms with Gasteiger partial charge in [0.1, 0.15) is 5.75 Å². The first kappa shape index (κ1) is 22.8. The Hall–Kier alpha value is -2.22. The lowest BCUT2D eigenvalue weighted by molar-refractivity contribution is -0.248. The lowest BCUT2D eigenvalue weighted by atomic mass is 9.95. The summed E-state index contributed by atoms with van der Waals surface area (Å²) in [6.07, 6.45) is -10.7. The third kappa shape index (κ3) is 5.38. The van der Waals surface area contributed by atoms with Crippen molar-refractivity contribution >= 4 is 29.9 Å². The second-order valence-corrected chi connectivity index (χ2v) is 6.48. The van der Waals surface area contributed by atoms with Crippen molar-refractivity contribution in [3.63, 3.8) is 0 Å². The van der Waals surface area contributed by atoms with Gasteiger partial charge in [0.2, 0.25) is 0 Å². The fraction of sp³-hybridized carbons (Fsp3) is 0.385. The van der Waals surface area contributed by atoms with Gasteiger partial charge < -0.3 is 9.47 Å². The summed E-state index contributed by atoms with van der Waals surface area (Å²) >= 11 is 0. The van der Waals surface area contributed by atoms with E-state index in [2.05, 4.69) is 9.47 Å². The van der Waals surface area contributed by atoms with E-state index in [0.717, 1.165) is 19.1 Å². The van der Waals surface area contributed by atoms with Crippen LogP contribution in [-0.4, -0.2) is 50.3 Å². The van der Waals surface area contributed by atoms with Gasteiger partial charge in [0.15, 0.2) is 0 Å². The summed E-state index contributed by atoms with van der Waals surface area (Å²) in [5.41, 5.74) is -0.624. The van der Waals surface area contributed by atoms with Crippen LogP contribution < -0.4 is 4.74 Å². The highest BCUT2D eigenvalue weighted by atomic mass is 32.2. The Morgan fingerprint density at radius 2 is 1.78 bits per heavy atom. The van der Waals surface area contributed by atoms with Gasteiger partial charge in [0, 0.05) is 6.92 Å². The third-order valence-corrected chi connectivity index (χ3v) is 3.85. The molecule has 27 heavy (non-hydrogen) atoms. The number of hydrogen-bond acceptors (Lipinski definition) is 6. The van der Waals surface area contributed by atoms with E-state index in [1.165, 1.54) is 0 Å². The average molecular weight is 416 g/mol.